The van der Waals surface area contributed by atoms with Gasteiger partial charge in [-0.3, -0.25) is 9.59 Å². The van der Waals surface area contributed by atoms with Gasteiger partial charge in [0.15, 0.2) is 0 Å². The first-order valence-corrected chi connectivity index (χ1v) is 6.65. The van der Waals surface area contributed by atoms with Gasteiger partial charge in [0.05, 0.1) is 6.07 Å². The SMILES string of the molecule is N#CC1(C(=O)NCCNC(=O)C2CC2)CCCC1. The Morgan fingerprint density at radius 3 is 2.33 bits per heavy atom. The Kier molecular flexibility index (Phi) is 3.85. The van der Waals surface area contributed by atoms with Crippen LogP contribution in [0.1, 0.15) is 38.5 Å². The molecule has 2 aliphatic rings. The molecule has 0 spiro atoms. The molecule has 0 aromatic carbocycles. The summed E-state index contributed by atoms with van der Waals surface area (Å²) in [5.74, 6) is 0.101. The van der Waals surface area contributed by atoms with Gasteiger partial charge >= 0.3 is 0 Å². The van der Waals surface area contributed by atoms with Gasteiger partial charge in [0.1, 0.15) is 5.41 Å². The van der Waals surface area contributed by atoms with Crippen LogP contribution < -0.4 is 10.6 Å². The van der Waals surface area contributed by atoms with Gasteiger partial charge in [0.25, 0.3) is 0 Å². The molecule has 0 aromatic heterocycles. The van der Waals surface area contributed by atoms with E-state index in [1.807, 2.05) is 0 Å². The van der Waals surface area contributed by atoms with Crippen LogP contribution in [-0.4, -0.2) is 24.9 Å². The normalized spacial score (nSPS) is 21.1. The fourth-order valence-corrected chi connectivity index (χ4v) is 2.39. The van der Waals surface area contributed by atoms with E-state index in [1.165, 1.54) is 0 Å². The average molecular weight is 249 g/mol. The highest BCUT2D eigenvalue weighted by Gasteiger charge is 2.41. The number of nitriles is 1. The van der Waals surface area contributed by atoms with E-state index in [-0.39, 0.29) is 17.7 Å². The molecule has 98 valence electrons. The molecule has 2 aliphatic carbocycles. The van der Waals surface area contributed by atoms with Crippen molar-refractivity contribution in [2.75, 3.05) is 13.1 Å². The first-order valence-electron chi connectivity index (χ1n) is 6.65. The van der Waals surface area contributed by atoms with Crippen LogP contribution in [0.3, 0.4) is 0 Å². The number of nitrogens with one attached hydrogen (secondary N) is 2. The lowest BCUT2D eigenvalue weighted by Gasteiger charge is -2.19. The second-order valence-electron chi connectivity index (χ2n) is 5.22. The molecule has 0 aromatic rings. The second kappa shape index (κ2) is 5.38. The summed E-state index contributed by atoms with van der Waals surface area (Å²) in [4.78, 5) is 23.3. The van der Waals surface area contributed by atoms with Crippen molar-refractivity contribution >= 4 is 11.8 Å². The highest BCUT2D eigenvalue weighted by atomic mass is 16.2. The Bertz CT molecular complexity index is 376. The van der Waals surface area contributed by atoms with Crippen molar-refractivity contribution in [2.24, 2.45) is 11.3 Å². The summed E-state index contributed by atoms with van der Waals surface area (Å²) in [7, 11) is 0. The zero-order valence-electron chi connectivity index (χ0n) is 10.5. The Morgan fingerprint density at radius 2 is 1.78 bits per heavy atom. The molecular weight excluding hydrogens is 230 g/mol. The third-order valence-electron chi connectivity index (χ3n) is 3.76. The lowest BCUT2D eigenvalue weighted by atomic mass is 9.87. The summed E-state index contributed by atoms with van der Waals surface area (Å²) < 4.78 is 0. The van der Waals surface area contributed by atoms with Crippen molar-refractivity contribution in [1.29, 1.82) is 5.26 Å². The predicted octanol–water partition coefficient (Wildman–Crippen LogP) is 0.713. The zero-order chi connectivity index (χ0) is 13.0. The summed E-state index contributed by atoms with van der Waals surface area (Å²) in [5.41, 5.74) is -0.819. The molecule has 2 amide bonds. The molecule has 5 heteroatoms. The number of hydrogen-bond acceptors (Lipinski definition) is 3. The number of amides is 2. The van der Waals surface area contributed by atoms with E-state index in [0.717, 1.165) is 25.7 Å². The third kappa shape index (κ3) is 2.81. The van der Waals surface area contributed by atoms with E-state index < -0.39 is 5.41 Å². The summed E-state index contributed by atoms with van der Waals surface area (Å²) in [6.07, 6.45) is 5.16. The van der Waals surface area contributed by atoms with Crippen molar-refractivity contribution in [1.82, 2.24) is 10.6 Å². The van der Waals surface area contributed by atoms with Gasteiger partial charge in [0, 0.05) is 19.0 Å². The number of nitrogens with zero attached hydrogens (tertiary/aromatic N) is 1. The number of carbonyl (C=O) groups is 2. The Hall–Kier alpha value is -1.57. The maximum atomic E-state index is 11.9. The molecular formula is C13H19N3O2. The Morgan fingerprint density at radius 1 is 1.17 bits per heavy atom. The predicted molar refractivity (Wildman–Crippen MR) is 65.3 cm³/mol. The molecule has 2 rings (SSSR count). The molecule has 0 atom stereocenters. The van der Waals surface area contributed by atoms with E-state index in [2.05, 4.69) is 16.7 Å². The van der Waals surface area contributed by atoms with Gasteiger partial charge in [0.2, 0.25) is 11.8 Å². The molecule has 0 heterocycles. The van der Waals surface area contributed by atoms with Crippen LogP contribution >= 0.6 is 0 Å². The van der Waals surface area contributed by atoms with Crippen molar-refractivity contribution in [3.05, 3.63) is 0 Å². The summed E-state index contributed by atoms with van der Waals surface area (Å²) in [6.45, 7) is 0.851. The largest absolute Gasteiger partial charge is 0.354 e. The van der Waals surface area contributed by atoms with Crippen LogP contribution in [0.2, 0.25) is 0 Å². The molecule has 0 aliphatic heterocycles. The average Bonchev–Trinajstić information content (AvgIpc) is 3.12. The Balaban J connectivity index is 1.68. The zero-order valence-corrected chi connectivity index (χ0v) is 10.5. The third-order valence-corrected chi connectivity index (χ3v) is 3.76. The molecule has 2 N–H and O–H groups in total. The standard InChI is InChI=1S/C13H19N3O2/c14-9-13(5-1-2-6-13)12(18)16-8-7-15-11(17)10-3-4-10/h10H,1-8H2,(H,15,17)(H,16,18). The summed E-state index contributed by atoms with van der Waals surface area (Å²) in [6, 6.07) is 2.16. The monoisotopic (exact) mass is 249 g/mol. The van der Waals surface area contributed by atoms with E-state index in [9.17, 15) is 9.59 Å². The molecule has 0 radical (unpaired) electrons. The minimum Gasteiger partial charge on any atom is -0.354 e. The van der Waals surface area contributed by atoms with Crippen LogP contribution in [0, 0.1) is 22.7 Å². The molecule has 0 bridgehead atoms. The number of rotatable bonds is 5. The van der Waals surface area contributed by atoms with Gasteiger partial charge in [-0.1, -0.05) is 12.8 Å². The van der Waals surface area contributed by atoms with Gasteiger partial charge < -0.3 is 10.6 Å². The summed E-state index contributed by atoms with van der Waals surface area (Å²) in [5, 5.41) is 14.7. The maximum absolute atomic E-state index is 11.9. The molecule has 0 saturated heterocycles. The number of carbonyl (C=O) groups excluding carboxylic acids is 2. The van der Waals surface area contributed by atoms with Gasteiger partial charge in [-0.2, -0.15) is 5.26 Å². The lowest BCUT2D eigenvalue weighted by Crippen LogP contribution is -2.42. The van der Waals surface area contributed by atoms with Crippen molar-refractivity contribution in [3.63, 3.8) is 0 Å². The molecule has 2 saturated carbocycles. The lowest BCUT2D eigenvalue weighted by molar-refractivity contribution is -0.128. The van der Waals surface area contributed by atoms with Crippen molar-refractivity contribution in [3.8, 4) is 6.07 Å². The van der Waals surface area contributed by atoms with Crippen LogP contribution in [-0.2, 0) is 9.59 Å². The van der Waals surface area contributed by atoms with Crippen LogP contribution in [0.5, 0.6) is 0 Å². The van der Waals surface area contributed by atoms with Crippen molar-refractivity contribution in [2.45, 2.75) is 38.5 Å². The fourth-order valence-electron chi connectivity index (χ4n) is 2.39. The van der Waals surface area contributed by atoms with E-state index >= 15 is 0 Å². The molecule has 0 unspecified atom stereocenters. The maximum Gasteiger partial charge on any atom is 0.240 e. The minimum atomic E-state index is -0.819. The summed E-state index contributed by atoms with van der Waals surface area (Å²) >= 11 is 0. The van der Waals surface area contributed by atoms with Gasteiger partial charge in [-0.05, 0) is 25.7 Å². The smallest absolute Gasteiger partial charge is 0.240 e. The van der Waals surface area contributed by atoms with E-state index in [4.69, 9.17) is 5.26 Å². The van der Waals surface area contributed by atoms with E-state index in [0.29, 0.717) is 25.9 Å². The first kappa shape index (κ1) is 12.9. The molecule has 2 fully saturated rings. The van der Waals surface area contributed by atoms with Crippen LogP contribution in [0.25, 0.3) is 0 Å². The quantitative estimate of drug-likeness (QED) is 0.704. The van der Waals surface area contributed by atoms with Gasteiger partial charge in [-0.15, -0.1) is 0 Å². The Labute approximate surface area is 107 Å². The molecule has 5 nitrogen and oxygen atoms in total. The van der Waals surface area contributed by atoms with Crippen molar-refractivity contribution < 1.29 is 9.59 Å². The number of hydrogen-bond donors (Lipinski definition) is 2. The topological polar surface area (TPSA) is 82.0 Å². The van der Waals surface area contributed by atoms with E-state index in [1.54, 1.807) is 0 Å². The first-order chi connectivity index (χ1) is 8.68. The van der Waals surface area contributed by atoms with Gasteiger partial charge in [-0.25, -0.2) is 0 Å². The fraction of sp³-hybridized carbons (Fsp3) is 0.769. The van der Waals surface area contributed by atoms with Crippen LogP contribution in [0.15, 0.2) is 0 Å². The van der Waals surface area contributed by atoms with Crippen LogP contribution in [0.4, 0.5) is 0 Å². The molecule has 18 heavy (non-hydrogen) atoms. The highest BCUT2D eigenvalue weighted by Crippen LogP contribution is 2.37. The minimum absolute atomic E-state index is 0.0834. The highest BCUT2D eigenvalue weighted by molar-refractivity contribution is 5.85. The second-order valence-corrected chi connectivity index (χ2v) is 5.22.